The fourth-order valence-electron chi connectivity index (χ4n) is 5.41. The predicted octanol–water partition coefficient (Wildman–Crippen LogP) is 7.92. The van der Waals surface area contributed by atoms with Crippen molar-refractivity contribution in [2.75, 3.05) is 4.90 Å². The molecule has 0 aromatic heterocycles. The molecule has 0 aliphatic carbocycles. The number of anilines is 1. The van der Waals surface area contributed by atoms with Gasteiger partial charge in [-0.1, -0.05) is 101 Å². The van der Waals surface area contributed by atoms with Gasteiger partial charge in [-0.05, 0) is 44.9 Å². The van der Waals surface area contributed by atoms with Gasteiger partial charge in [-0.25, -0.2) is 0 Å². The molecule has 1 radical (unpaired) electrons. The number of aryl methyl sites for hydroxylation is 2. The molecule has 2 nitrogen and oxygen atoms in total. The van der Waals surface area contributed by atoms with Gasteiger partial charge in [-0.3, -0.25) is 0 Å². The van der Waals surface area contributed by atoms with E-state index in [-0.39, 0.29) is 20.1 Å². The molecule has 4 aromatic rings. The predicted molar refractivity (Wildman–Crippen MR) is 143 cm³/mol. The Kier molecular flexibility index (Phi) is 6.17. The zero-order valence-electron chi connectivity index (χ0n) is 20.5. The monoisotopic (exact) mass is 633 g/mol. The van der Waals surface area contributed by atoms with Gasteiger partial charge in [-0.15, -0.1) is 11.1 Å². The van der Waals surface area contributed by atoms with Gasteiger partial charge in [0.1, 0.15) is 0 Å². The number of fused-ring (bicyclic) bond motifs is 6. The first-order valence-corrected chi connectivity index (χ1v) is 12.0. The second-order valence-corrected chi connectivity index (χ2v) is 9.51. The molecule has 2 aliphatic heterocycles. The maximum absolute atomic E-state index is 3.69. The Morgan fingerprint density at radius 2 is 1.37 bits per heavy atom. The summed E-state index contributed by atoms with van der Waals surface area (Å²) in [4.78, 5) is 4.73. The fourth-order valence-corrected chi connectivity index (χ4v) is 5.41. The summed E-state index contributed by atoms with van der Waals surface area (Å²) in [5, 5.41) is 0. The Morgan fingerprint density at radius 1 is 0.714 bits per heavy atom. The van der Waals surface area contributed by atoms with E-state index < -0.39 is 0 Å². The molecule has 0 bridgehead atoms. The van der Waals surface area contributed by atoms with Crippen LogP contribution < -0.4 is 4.90 Å². The molecule has 0 saturated heterocycles. The normalized spacial score (nSPS) is 14.0. The van der Waals surface area contributed by atoms with Crippen molar-refractivity contribution >= 4 is 17.1 Å². The number of hydrogen-bond acceptors (Lipinski definition) is 2. The molecule has 0 saturated carbocycles. The molecule has 3 heteroatoms. The standard InChI is InChI=1S/C32H28N2.Ir/c1-21(2)33-20-34-29-18-17-25(30-22(3)11-10-12-23(30)4)19-28(29)26-15-8-9-16-27(26)32(34)31(33)24-13-6-5-7-14-24;/h5-17,19-21H,1-4H3;/q-2;. The SMILES string of the molecule is Cc1cccc(C)c1-c1c[c-]c2c(c1)-c1ccccc1C1=C(c3ccccc3)N(C(C)C)[CH-]N12.[Ir]. The fraction of sp³-hybridized carbons (Fsp3) is 0.156. The van der Waals surface area contributed by atoms with Gasteiger partial charge in [-0.2, -0.15) is 24.9 Å². The maximum Gasteiger partial charge on any atom is 0.0402 e. The van der Waals surface area contributed by atoms with E-state index in [0.29, 0.717) is 6.04 Å². The molecule has 0 spiro atoms. The van der Waals surface area contributed by atoms with Crippen LogP contribution in [-0.4, -0.2) is 10.9 Å². The van der Waals surface area contributed by atoms with E-state index in [0.717, 1.165) is 5.69 Å². The minimum absolute atomic E-state index is 0. The topological polar surface area (TPSA) is 6.48 Å². The van der Waals surface area contributed by atoms with E-state index in [1.807, 2.05) is 0 Å². The molecule has 0 N–H and O–H groups in total. The van der Waals surface area contributed by atoms with Crippen LogP contribution in [0.25, 0.3) is 33.6 Å². The van der Waals surface area contributed by atoms with Crippen molar-refractivity contribution in [3.63, 3.8) is 0 Å². The average molecular weight is 633 g/mol. The summed E-state index contributed by atoms with van der Waals surface area (Å²) >= 11 is 0. The second-order valence-electron chi connectivity index (χ2n) is 9.51. The van der Waals surface area contributed by atoms with Crippen LogP contribution in [0.1, 0.15) is 36.1 Å². The summed E-state index contributed by atoms with van der Waals surface area (Å²) in [6.45, 7) is 11.1. The average Bonchev–Trinajstić information content (AvgIpc) is 3.26. The summed E-state index contributed by atoms with van der Waals surface area (Å²) in [5.41, 5.74) is 13.7. The number of benzene rings is 4. The minimum atomic E-state index is 0. The molecular weight excluding hydrogens is 605 g/mol. The summed E-state index contributed by atoms with van der Waals surface area (Å²) in [5.74, 6) is 0. The molecule has 0 amide bonds. The van der Waals surface area contributed by atoms with Crippen LogP contribution >= 0.6 is 0 Å². The van der Waals surface area contributed by atoms with Crippen LogP contribution in [0, 0.1) is 26.6 Å². The van der Waals surface area contributed by atoms with Crippen LogP contribution in [0.5, 0.6) is 0 Å². The van der Waals surface area contributed by atoms with Gasteiger partial charge in [0, 0.05) is 31.5 Å². The summed E-state index contributed by atoms with van der Waals surface area (Å²) < 4.78 is 0. The zero-order chi connectivity index (χ0) is 23.4. The molecule has 0 fully saturated rings. The van der Waals surface area contributed by atoms with E-state index in [4.69, 9.17) is 0 Å². The molecule has 6 rings (SSSR count). The largest absolute Gasteiger partial charge is 0.499 e. The third-order valence-electron chi connectivity index (χ3n) is 6.97. The summed E-state index contributed by atoms with van der Waals surface area (Å²) in [6.07, 6.45) is 0. The Hall–Kier alpha value is -3.13. The third kappa shape index (κ3) is 3.75. The van der Waals surface area contributed by atoms with Crippen LogP contribution in [0.15, 0.2) is 84.9 Å². The van der Waals surface area contributed by atoms with Crippen molar-refractivity contribution < 1.29 is 20.1 Å². The molecule has 0 unspecified atom stereocenters. The third-order valence-corrected chi connectivity index (χ3v) is 6.97. The van der Waals surface area contributed by atoms with Gasteiger partial charge < -0.3 is 9.80 Å². The van der Waals surface area contributed by atoms with Gasteiger partial charge in [0.05, 0.1) is 0 Å². The van der Waals surface area contributed by atoms with Crippen molar-refractivity contribution in [2.24, 2.45) is 0 Å². The van der Waals surface area contributed by atoms with Crippen molar-refractivity contribution in [1.82, 2.24) is 4.90 Å². The minimum Gasteiger partial charge on any atom is -0.499 e. The van der Waals surface area contributed by atoms with Crippen LogP contribution in [-0.2, 0) is 20.1 Å². The van der Waals surface area contributed by atoms with Crippen LogP contribution in [0.3, 0.4) is 0 Å². The van der Waals surface area contributed by atoms with E-state index in [9.17, 15) is 0 Å². The number of rotatable bonds is 3. The summed E-state index contributed by atoms with van der Waals surface area (Å²) in [7, 11) is 0. The Bertz CT molecular complexity index is 1420. The van der Waals surface area contributed by atoms with Gasteiger partial charge in [0.2, 0.25) is 0 Å². The Balaban J connectivity index is 0.00000253. The Labute approximate surface area is 222 Å². The molecule has 0 atom stereocenters. The van der Waals surface area contributed by atoms with Gasteiger partial charge in [0.15, 0.2) is 0 Å². The van der Waals surface area contributed by atoms with Crippen molar-refractivity contribution in [2.45, 2.75) is 33.7 Å². The van der Waals surface area contributed by atoms with Crippen molar-refractivity contribution in [3.8, 4) is 22.3 Å². The van der Waals surface area contributed by atoms with E-state index in [1.54, 1.807) is 0 Å². The maximum atomic E-state index is 3.69. The van der Waals surface area contributed by atoms with Crippen LogP contribution in [0.2, 0.25) is 0 Å². The van der Waals surface area contributed by atoms with Gasteiger partial charge in [0.25, 0.3) is 0 Å². The zero-order valence-corrected chi connectivity index (χ0v) is 22.9. The van der Waals surface area contributed by atoms with Crippen molar-refractivity contribution in [1.29, 1.82) is 0 Å². The first-order chi connectivity index (χ1) is 16.5. The van der Waals surface area contributed by atoms with E-state index >= 15 is 0 Å². The van der Waals surface area contributed by atoms with Crippen molar-refractivity contribution in [3.05, 3.63) is 120 Å². The first kappa shape index (κ1) is 23.6. The molecule has 35 heavy (non-hydrogen) atoms. The second kappa shape index (κ2) is 9.15. The Morgan fingerprint density at radius 3 is 2.06 bits per heavy atom. The molecule has 2 aliphatic rings. The molecular formula is C32H28IrN2-2. The summed E-state index contributed by atoms with van der Waals surface area (Å²) in [6, 6.07) is 34.6. The quantitative estimate of drug-likeness (QED) is 0.212. The first-order valence-electron chi connectivity index (χ1n) is 12.0. The van der Waals surface area contributed by atoms with Gasteiger partial charge >= 0.3 is 0 Å². The van der Waals surface area contributed by atoms with E-state index in [2.05, 4.69) is 135 Å². The smallest absolute Gasteiger partial charge is 0.0402 e. The van der Waals surface area contributed by atoms with E-state index in [1.165, 1.54) is 55.9 Å². The van der Waals surface area contributed by atoms with Crippen LogP contribution in [0.4, 0.5) is 5.69 Å². The molecule has 177 valence electrons. The number of hydrogen-bond donors (Lipinski definition) is 0. The molecule has 2 heterocycles. The number of nitrogens with zero attached hydrogens (tertiary/aromatic N) is 2. The molecule has 4 aromatic carbocycles.